The first-order chi connectivity index (χ1) is 11.7. The minimum atomic E-state index is -0.297. The molecule has 3 N–H and O–H groups in total. The molecule has 1 atom stereocenters. The van der Waals surface area contributed by atoms with Gasteiger partial charge >= 0.3 is 0 Å². The van der Waals surface area contributed by atoms with Gasteiger partial charge in [0, 0.05) is 18.1 Å². The van der Waals surface area contributed by atoms with Crippen LogP contribution in [0.15, 0.2) is 54.4 Å². The number of hydrogen-bond acceptors (Lipinski definition) is 5. The van der Waals surface area contributed by atoms with E-state index in [4.69, 9.17) is 10.5 Å². The van der Waals surface area contributed by atoms with Crippen LogP contribution < -0.4 is 10.5 Å². The summed E-state index contributed by atoms with van der Waals surface area (Å²) in [4.78, 5) is 4.05. The van der Waals surface area contributed by atoms with Gasteiger partial charge in [-0.1, -0.05) is 12.1 Å². The van der Waals surface area contributed by atoms with Crippen molar-refractivity contribution < 1.29 is 4.74 Å². The number of hydrogen-bond donors (Lipinski definition) is 2. The van der Waals surface area contributed by atoms with Gasteiger partial charge in [-0.25, -0.2) is 10.1 Å². The van der Waals surface area contributed by atoms with Crippen LogP contribution in [0.25, 0.3) is 5.69 Å². The summed E-state index contributed by atoms with van der Waals surface area (Å²) in [5.41, 5.74) is 9.88. The van der Waals surface area contributed by atoms with E-state index in [0.29, 0.717) is 11.5 Å². The summed E-state index contributed by atoms with van der Waals surface area (Å²) in [5.74, 6) is 0.305. The molecule has 0 bridgehead atoms. The molecule has 0 radical (unpaired) electrons. The van der Waals surface area contributed by atoms with Crippen molar-refractivity contribution >= 4 is 0 Å². The number of benzene rings is 1. The molecule has 0 aliphatic carbocycles. The third kappa shape index (κ3) is 2.05. The molecule has 4 rings (SSSR count). The van der Waals surface area contributed by atoms with E-state index in [2.05, 4.69) is 21.3 Å². The Labute approximate surface area is 138 Å². The Morgan fingerprint density at radius 3 is 2.79 bits per heavy atom. The fourth-order valence-corrected chi connectivity index (χ4v) is 2.99. The molecule has 118 valence electrons. The summed E-state index contributed by atoms with van der Waals surface area (Å²) in [6.45, 7) is 1.88. The first kappa shape index (κ1) is 14.1. The van der Waals surface area contributed by atoms with Crippen LogP contribution >= 0.6 is 0 Å². The van der Waals surface area contributed by atoms with Crippen LogP contribution in [-0.4, -0.2) is 19.7 Å². The van der Waals surface area contributed by atoms with Gasteiger partial charge in [-0.2, -0.15) is 10.4 Å². The maximum absolute atomic E-state index is 9.54. The zero-order chi connectivity index (χ0) is 16.7. The highest BCUT2D eigenvalue weighted by molar-refractivity contribution is 5.55. The van der Waals surface area contributed by atoms with E-state index >= 15 is 0 Å². The lowest BCUT2D eigenvalue weighted by Crippen LogP contribution is -2.21. The fourth-order valence-electron chi connectivity index (χ4n) is 2.99. The van der Waals surface area contributed by atoms with E-state index in [1.54, 1.807) is 12.5 Å². The molecule has 7 nitrogen and oxygen atoms in total. The standard InChI is InChI=1S/C17H14N6O/c1-10-14-15(13(8-18)16(19)24-17(14)22-21-10)11-2-4-12(5-3-11)23-7-6-20-9-23/h2-7,9,15H,19H2,1H3,(H,21,22). The molecule has 24 heavy (non-hydrogen) atoms. The summed E-state index contributed by atoms with van der Waals surface area (Å²) >= 11 is 0. The predicted octanol–water partition coefficient (Wildman–Crippen LogP) is 2.12. The Bertz CT molecular complexity index is 960. The number of allylic oxidation sites excluding steroid dienone is 1. The summed E-state index contributed by atoms with van der Waals surface area (Å²) < 4.78 is 7.41. The molecule has 2 aromatic heterocycles. The van der Waals surface area contributed by atoms with Crippen molar-refractivity contribution in [2.24, 2.45) is 5.73 Å². The van der Waals surface area contributed by atoms with E-state index in [9.17, 15) is 5.26 Å². The SMILES string of the molecule is Cc1n[nH]c2c1C(c1ccc(-n3ccnc3)cc1)C(C#N)=C(N)O2. The monoisotopic (exact) mass is 318 g/mol. The molecule has 1 aliphatic heterocycles. The van der Waals surface area contributed by atoms with Crippen LogP contribution in [0.5, 0.6) is 5.88 Å². The molecular weight excluding hydrogens is 304 g/mol. The quantitative estimate of drug-likeness (QED) is 0.753. The lowest BCUT2D eigenvalue weighted by Gasteiger charge is -2.24. The average Bonchev–Trinajstić information content (AvgIpc) is 3.24. The number of ether oxygens (including phenoxy) is 1. The zero-order valence-electron chi connectivity index (χ0n) is 12.9. The third-order valence-corrected chi connectivity index (χ3v) is 4.16. The van der Waals surface area contributed by atoms with Crippen LogP contribution in [0.3, 0.4) is 0 Å². The highest BCUT2D eigenvalue weighted by Crippen LogP contribution is 2.42. The maximum atomic E-state index is 9.54. The molecule has 1 aromatic carbocycles. The molecule has 0 fully saturated rings. The van der Waals surface area contributed by atoms with Crippen molar-refractivity contribution in [1.82, 2.24) is 19.7 Å². The molecule has 1 unspecified atom stereocenters. The van der Waals surface area contributed by atoms with Crippen molar-refractivity contribution in [2.45, 2.75) is 12.8 Å². The molecule has 7 heteroatoms. The van der Waals surface area contributed by atoms with Crippen molar-refractivity contribution in [1.29, 1.82) is 5.26 Å². The third-order valence-electron chi connectivity index (χ3n) is 4.16. The molecule has 0 saturated carbocycles. The number of aromatic amines is 1. The van der Waals surface area contributed by atoms with Gasteiger partial charge < -0.3 is 15.0 Å². The molecule has 3 aromatic rings. The number of fused-ring (bicyclic) bond motifs is 1. The first-order valence-corrected chi connectivity index (χ1v) is 7.39. The Kier molecular flexibility index (Phi) is 3.10. The van der Waals surface area contributed by atoms with E-state index < -0.39 is 0 Å². The van der Waals surface area contributed by atoms with Gasteiger partial charge in [0.25, 0.3) is 0 Å². The van der Waals surface area contributed by atoms with E-state index in [-0.39, 0.29) is 11.8 Å². The van der Waals surface area contributed by atoms with Crippen LogP contribution in [0.2, 0.25) is 0 Å². The minimum Gasteiger partial charge on any atom is -0.422 e. The minimum absolute atomic E-state index is 0.109. The summed E-state index contributed by atoms with van der Waals surface area (Å²) in [5, 5.41) is 16.5. The van der Waals surface area contributed by atoms with Crippen LogP contribution in [0.4, 0.5) is 0 Å². The lowest BCUT2D eigenvalue weighted by molar-refractivity contribution is 0.379. The highest BCUT2D eigenvalue weighted by Gasteiger charge is 2.33. The number of aromatic nitrogens is 4. The second-order valence-electron chi connectivity index (χ2n) is 5.54. The maximum Gasteiger partial charge on any atom is 0.221 e. The lowest BCUT2D eigenvalue weighted by atomic mass is 9.84. The van der Waals surface area contributed by atoms with Crippen LogP contribution in [0, 0.1) is 18.3 Å². The number of rotatable bonds is 2. The van der Waals surface area contributed by atoms with Crippen LogP contribution in [-0.2, 0) is 0 Å². The Hall–Kier alpha value is -3.53. The van der Waals surface area contributed by atoms with Gasteiger partial charge in [-0.15, -0.1) is 0 Å². The number of aryl methyl sites for hydroxylation is 1. The predicted molar refractivity (Wildman–Crippen MR) is 86.2 cm³/mol. The summed E-state index contributed by atoms with van der Waals surface area (Å²) in [7, 11) is 0. The molecule has 0 spiro atoms. The van der Waals surface area contributed by atoms with Gasteiger partial charge in [-0.3, -0.25) is 0 Å². The van der Waals surface area contributed by atoms with E-state index in [0.717, 1.165) is 22.5 Å². The zero-order valence-corrected chi connectivity index (χ0v) is 12.9. The second-order valence-corrected chi connectivity index (χ2v) is 5.54. The van der Waals surface area contributed by atoms with Gasteiger partial charge in [0.05, 0.1) is 23.5 Å². The molecule has 0 saturated heterocycles. The fraction of sp³-hybridized carbons (Fsp3) is 0.118. The number of nitrogens with two attached hydrogens (primary N) is 1. The number of nitrogens with one attached hydrogen (secondary N) is 1. The van der Waals surface area contributed by atoms with Crippen LogP contribution in [0.1, 0.15) is 22.7 Å². The number of nitriles is 1. The number of H-pyrrole nitrogens is 1. The molecular formula is C17H14N6O. The van der Waals surface area contributed by atoms with Gasteiger partial charge in [0.15, 0.2) is 0 Å². The van der Waals surface area contributed by atoms with Gasteiger partial charge in [0.2, 0.25) is 11.8 Å². The van der Waals surface area contributed by atoms with Gasteiger partial charge in [0.1, 0.15) is 11.6 Å². The molecule has 3 heterocycles. The normalized spacial score (nSPS) is 16.4. The van der Waals surface area contributed by atoms with E-state index in [1.807, 2.05) is 42.0 Å². The Balaban J connectivity index is 1.82. The average molecular weight is 318 g/mol. The molecule has 0 amide bonds. The topological polar surface area (TPSA) is 106 Å². The Morgan fingerprint density at radius 2 is 2.12 bits per heavy atom. The summed E-state index contributed by atoms with van der Waals surface area (Å²) in [6.07, 6.45) is 5.34. The largest absolute Gasteiger partial charge is 0.422 e. The molecule has 1 aliphatic rings. The van der Waals surface area contributed by atoms with Crippen molar-refractivity contribution in [3.63, 3.8) is 0 Å². The van der Waals surface area contributed by atoms with Crippen molar-refractivity contribution in [2.75, 3.05) is 0 Å². The van der Waals surface area contributed by atoms with Crippen molar-refractivity contribution in [3.05, 3.63) is 71.3 Å². The smallest absolute Gasteiger partial charge is 0.221 e. The number of nitrogens with zero attached hydrogens (tertiary/aromatic N) is 4. The van der Waals surface area contributed by atoms with Gasteiger partial charge in [-0.05, 0) is 24.6 Å². The van der Waals surface area contributed by atoms with Crippen molar-refractivity contribution in [3.8, 4) is 17.6 Å². The Morgan fingerprint density at radius 1 is 1.33 bits per heavy atom. The highest BCUT2D eigenvalue weighted by atomic mass is 16.5. The van der Waals surface area contributed by atoms with E-state index in [1.165, 1.54) is 0 Å². The first-order valence-electron chi connectivity index (χ1n) is 7.39. The summed E-state index contributed by atoms with van der Waals surface area (Å²) in [6, 6.07) is 10.1. The second kappa shape index (κ2) is 5.28. The number of imidazole rings is 1.